The fourth-order valence-corrected chi connectivity index (χ4v) is 3.65. The first-order chi connectivity index (χ1) is 16.5. The van der Waals surface area contributed by atoms with Gasteiger partial charge in [0, 0.05) is 23.1 Å². The number of hydrogen-bond donors (Lipinski definition) is 1. The Kier molecular flexibility index (Phi) is 6.89. The summed E-state index contributed by atoms with van der Waals surface area (Å²) in [7, 11) is 1.44. The average Bonchev–Trinajstić information content (AvgIpc) is 3.34. The zero-order chi connectivity index (χ0) is 23.9. The standard InChI is InChI=1S/C24H18N4O5S/c1-32-22-12-16(14-25-27-24-26-20(15-34-24)17-6-3-2-4-7-17)10-11-21(22)33-23(29)18-8-5-9-19(13-18)28(30)31/h2-15H,1H3,(H,26,27)/b25-14+. The van der Waals surface area contributed by atoms with Crippen LogP contribution in [-0.4, -0.2) is 29.2 Å². The van der Waals surface area contributed by atoms with Gasteiger partial charge in [0.2, 0.25) is 5.13 Å². The molecule has 0 saturated carbocycles. The molecule has 1 aromatic heterocycles. The quantitative estimate of drug-likeness (QED) is 0.120. The second-order valence-electron chi connectivity index (χ2n) is 6.88. The maximum atomic E-state index is 12.4. The monoisotopic (exact) mass is 474 g/mol. The van der Waals surface area contributed by atoms with Crippen LogP contribution in [0.2, 0.25) is 0 Å². The lowest BCUT2D eigenvalue weighted by Crippen LogP contribution is -2.09. The summed E-state index contributed by atoms with van der Waals surface area (Å²) >= 11 is 1.44. The zero-order valence-electron chi connectivity index (χ0n) is 17.9. The highest BCUT2D eigenvalue weighted by Crippen LogP contribution is 2.29. The molecule has 0 aliphatic carbocycles. The Morgan fingerprint density at radius 3 is 2.68 bits per heavy atom. The van der Waals surface area contributed by atoms with Crippen LogP contribution >= 0.6 is 11.3 Å². The molecule has 3 aromatic carbocycles. The molecule has 0 radical (unpaired) electrons. The molecule has 4 rings (SSSR count). The van der Waals surface area contributed by atoms with Gasteiger partial charge in [-0.15, -0.1) is 11.3 Å². The number of aromatic nitrogens is 1. The van der Waals surface area contributed by atoms with Crippen LogP contribution in [0.25, 0.3) is 11.3 Å². The van der Waals surface area contributed by atoms with Crippen LogP contribution < -0.4 is 14.9 Å². The first kappa shape index (κ1) is 22.6. The van der Waals surface area contributed by atoms with E-state index in [1.807, 2.05) is 35.7 Å². The number of ether oxygens (including phenoxy) is 2. The summed E-state index contributed by atoms with van der Waals surface area (Å²) in [5.74, 6) is -0.247. The fourth-order valence-electron chi connectivity index (χ4n) is 2.98. The van der Waals surface area contributed by atoms with Gasteiger partial charge in [0.15, 0.2) is 11.5 Å². The fraction of sp³-hybridized carbons (Fsp3) is 0.0417. The predicted molar refractivity (Wildman–Crippen MR) is 130 cm³/mol. The van der Waals surface area contributed by atoms with Gasteiger partial charge in [-0.25, -0.2) is 9.78 Å². The molecule has 0 fully saturated rings. The van der Waals surface area contributed by atoms with Crippen LogP contribution in [0.4, 0.5) is 10.8 Å². The molecule has 170 valence electrons. The van der Waals surface area contributed by atoms with Gasteiger partial charge in [0.1, 0.15) is 0 Å². The number of methoxy groups -OCH3 is 1. The van der Waals surface area contributed by atoms with Gasteiger partial charge in [-0.2, -0.15) is 5.10 Å². The van der Waals surface area contributed by atoms with E-state index in [-0.39, 0.29) is 17.0 Å². The van der Waals surface area contributed by atoms with Crippen molar-refractivity contribution in [2.75, 3.05) is 12.5 Å². The van der Waals surface area contributed by atoms with E-state index in [0.29, 0.717) is 16.4 Å². The van der Waals surface area contributed by atoms with E-state index < -0.39 is 10.9 Å². The molecule has 1 heterocycles. The topological polar surface area (TPSA) is 116 Å². The van der Waals surface area contributed by atoms with Crippen molar-refractivity contribution < 1.29 is 19.2 Å². The highest BCUT2D eigenvalue weighted by molar-refractivity contribution is 7.14. The second-order valence-corrected chi connectivity index (χ2v) is 7.74. The van der Waals surface area contributed by atoms with Gasteiger partial charge in [-0.3, -0.25) is 15.5 Å². The lowest BCUT2D eigenvalue weighted by molar-refractivity contribution is -0.384. The molecule has 0 spiro atoms. The number of hydrogen-bond acceptors (Lipinski definition) is 9. The number of carbonyl (C=O) groups excluding carboxylic acids is 1. The number of benzene rings is 3. The number of nitrogens with one attached hydrogen (secondary N) is 1. The minimum absolute atomic E-state index is 0.0596. The molecule has 10 heteroatoms. The molecule has 4 aromatic rings. The Bertz CT molecular complexity index is 1350. The minimum atomic E-state index is -0.733. The average molecular weight is 474 g/mol. The molecule has 0 aliphatic rings. The normalized spacial score (nSPS) is 10.7. The first-order valence-corrected chi connectivity index (χ1v) is 10.9. The van der Waals surface area contributed by atoms with Gasteiger partial charge in [0.25, 0.3) is 5.69 Å². The molecule has 34 heavy (non-hydrogen) atoms. The Morgan fingerprint density at radius 1 is 1.09 bits per heavy atom. The molecule has 0 saturated heterocycles. The maximum absolute atomic E-state index is 12.4. The molecule has 0 bridgehead atoms. The largest absolute Gasteiger partial charge is 0.493 e. The number of nitro groups is 1. The maximum Gasteiger partial charge on any atom is 0.343 e. The van der Waals surface area contributed by atoms with Crippen LogP contribution in [0.15, 0.2) is 83.3 Å². The summed E-state index contributed by atoms with van der Waals surface area (Å²) in [6.07, 6.45) is 1.58. The van der Waals surface area contributed by atoms with E-state index >= 15 is 0 Å². The zero-order valence-corrected chi connectivity index (χ0v) is 18.7. The molecular formula is C24H18N4O5S. The van der Waals surface area contributed by atoms with Crippen molar-refractivity contribution in [3.63, 3.8) is 0 Å². The summed E-state index contributed by atoms with van der Waals surface area (Å²) in [6, 6.07) is 20.1. The number of rotatable bonds is 8. The number of non-ortho nitro benzene ring substituents is 1. The number of esters is 1. The third-order valence-electron chi connectivity index (χ3n) is 4.63. The van der Waals surface area contributed by atoms with E-state index in [4.69, 9.17) is 9.47 Å². The smallest absolute Gasteiger partial charge is 0.343 e. The highest BCUT2D eigenvalue weighted by Gasteiger charge is 2.16. The van der Waals surface area contributed by atoms with Crippen LogP contribution in [0.3, 0.4) is 0 Å². The van der Waals surface area contributed by atoms with Crippen molar-refractivity contribution in [2.24, 2.45) is 5.10 Å². The number of hydrazone groups is 1. The molecule has 0 amide bonds. The van der Waals surface area contributed by atoms with Crippen molar-refractivity contribution in [1.29, 1.82) is 0 Å². The number of anilines is 1. The van der Waals surface area contributed by atoms with Gasteiger partial charge in [-0.1, -0.05) is 36.4 Å². The Morgan fingerprint density at radius 2 is 1.91 bits per heavy atom. The summed E-state index contributed by atoms with van der Waals surface area (Å²) in [6.45, 7) is 0. The van der Waals surface area contributed by atoms with Crippen molar-refractivity contribution in [2.45, 2.75) is 0 Å². The van der Waals surface area contributed by atoms with E-state index in [0.717, 1.165) is 17.3 Å². The van der Waals surface area contributed by atoms with Crippen molar-refractivity contribution in [3.8, 4) is 22.8 Å². The second kappa shape index (κ2) is 10.4. The van der Waals surface area contributed by atoms with Crippen LogP contribution in [0.5, 0.6) is 11.5 Å². The van der Waals surface area contributed by atoms with E-state index in [9.17, 15) is 14.9 Å². The number of thiazole rings is 1. The van der Waals surface area contributed by atoms with Crippen molar-refractivity contribution in [3.05, 3.63) is 99.4 Å². The molecule has 9 nitrogen and oxygen atoms in total. The molecule has 0 unspecified atom stereocenters. The van der Waals surface area contributed by atoms with Crippen molar-refractivity contribution in [1.82, 2.24) is 4.98 Å². The van der Waals surface area contributed by atoms with Crippen LogP contribution in [0, 0.1) is 10.1 Å². The Hall–Kier alpha value is -4.57. The molecule has 0 aliphatic heterocycles. The summed E-state index contributed by atoms with van der Waals surface area (Å²) in [5.41, 5.74) is 5.34. The Labute approximate surface area is 198 Å². The highest BCUT2D eigenvalue weighted by atomic mass is 32.1. The number of carbonyl (C=O) groups is 1. The summed E-state index contributed by atoms with van der Waals surface area (Å²) in [5, 5.41) is 17.7. The van der Waals surface area contributed by atoms with E-state index in [2.05, 4.69) is 15.5 Å². The summed E-state index contributed by atoms with van der Waals surface area (Å²) in [4.78, 5) is 27.3. The van der Waals surface area contributed by atoms with Gasteiger partial charge in [0.05, 0.1) is 29.5 Å². The molecular weight excluding hydrogens is 456 g/mol. The van der Waals surface area contributed by atoms with E-state index in [1.165, 1.54) is 36.6 Å². The van der Waals surface area contributed by atoms with Gasteiger partial charge >= 0.3 is 5.97 Å². The van der Waals surface area contributed by atoms with Gasteiger partial charge in [-0.05, 0) is 29.8 Å². The molecule has 1 N–H and O–H groups in total. The van der Waals surface area contributed by atoms with Crippen molar-refractivity contribution >= 4 is 34.3 Å². The van der Waals surface area contributed by atoms with E-state index in [1.54, 1.807) is 24.4 Å². The summed E-state index contributed by atoms with van der Waals surface area (Å²) < 4.78 is 10.7. The van der Waals surface area contributed by atoms with Crippen LogP contribution in [-0.2, 0) is 0 Å². The van der Waals surface area contributed by atoms with Crippen LogP contribution in [0.1, 0.15) is 15.9 Å². The number of nitrogens with zero attached hydrogens (tertiary/aromatic N) is 3. The lowest BCUT2D eigenvalue weighted by atomic mass is 10.2. The lowest BCUT2D eigenvalue weighted by Gasteiger charge is -2.10. The predicted octanol–water partition coefficient (Wildman–Crippen LogP) is 5.39. The SMILES string of the molecule is COc1cc(/C=N/Nc2nc(-c3ccccc3)cs2)ccc1OC(=O)c1cccc([N+](=O)[O-])c1. The number of nitro benzene ring substituents is 1. The minimum Gasteiger partial charge on any atom is -0.493 e. The first-order valence-electron chi connectivity index (χ1n) is 9.98. The third-order valence-corrected chi connectivity index (χ3v) is 5.38. The third kappa shape index (κ3) is 5.43. The molecule has 0 atom stereocenters. The Balaban J connectivity index is 1.42. The van der Waals surface area contributed by atoms with Gasteiger partial charge < -0.3 is 9.47 Å².